The molecule has 1 aromatic rings. The molecule has 0 atom stereocenters. The van der Waals surface area contributed by atoms with Crippen LogP contribution in [0.5, 0.6) is 0 Å². The van der Waals surface area contributed by atoms with Crippen molar-refractivity contribution in [2.24, 2.45) is 10.8 Å². The van der Waals surface area contributed by atoms with Gasteiger partial charge in [0.2, 0.25) is 0 Å². The third kappa shape index (κ3) is 2.93. The molecule has 1 aliphatic rings. The largest absolute Gasteiger partial charge is 0.195 e. The quantitative estimate of drug-likeness (QED) is 0.638. The molecule has 96 valence electrons. The van der Waals surface area contributed by atoms with Crippen molar-refractivity contribution in [3.05, 3.63) is 17.3 Å². The van der Waals surface area contributed by atoms with E-state index in [2.05, 4.69) is 27.7 Å². The molecule has 2 rings (SSSR count). The Kier molecular flexibility index (Phi) is 4.46. The van der Waals surface area contributed by atoms with Crippen molar-refractivity contribution in [2.75, 3.05) is 0 Å². The Morgan fingerprint density at radius 2 is 1.53 bits per heavy atom. The van der Waals surface area contributed by atoms with Crippen LogP contribution in [-0.2, 0) is 0 Å². The van der Waals surface area contributed by atoms with Crippen LogP contribution < -0.4 is 4.78 Å². The summed E-state index contributed by atoms with van der Waals surface area (Å²) < 4.78 is 14.2. The van der Waals surface area contributed by atoms with Crippen LogP contribution in [0, 0.1) is 16.0 Å². The van der Waals surface area contributed by atoms with E-state index in [1.807, 2.05) is 19.9 Å². The highest BCUT2D eigenvalue weighted by atomic mass is 32.1. The number of rotatable bonds is 1. The van der Waals surface area contributed by atoms with E-state index >= 15 is 0 Å². The average Bonchev–Trinajstić information content (AvgIpc) is 2.73. The molecule has 1 aromatic heterocycles. The Labute approximate surface area is 110 Å². The first-order chi connectivity index (χ1) is 7.82. The zero-order chi connectivity index (χ0) is 13.3. The van der Waals surface area contributed by atoms with Gasteiger partial charge < -0.3 is 0 Å². The maximum atomic E-state index is 13.0. The third-order valence-corrected chi connectivity index (χ3v) is 5.38. The van der Waals surface area contributed by atoms with E-state index in [-0.39, 0.29) is 5.13 Å². The number of hydrogen-bond acceptors (Lipinski definition) is 1. The second kappa shape index (κ2) is 5.13. The first-order valence-corrected chi connectivity index (χ1v) is 7.39. The van der Waals surface area contributed by atoms with Gasteiger partial charge in [0.1, 0.15) is 0 Å². The second-order valence-corrected chi connectivity index (χ2v) is 7.08. The number of hydrogen-bond donors (Lipinski definition) is 0. The van der Waals surface area contributed by atoms with Gasteiger partial charge in [0.05, 0.1) is 0 Å². The molecule has 17 heavy (non-hydrogen) atoms. The molecule has 0 radical (unpaired) electrons. The summed E-state index contributed by atoms with van der Waals surface area (Å²) in [5.41, 5.74) is 0.719. The fraction of sp³-hybridized carbons (Fsp3) is 0.714. The van der Waals surface area contributed by atoms with Gasteiger partial charge in [-0.1, -0.05) is 60.2 Å². The van der Waals surface area contributed by atoms with Gasteiger partial charge in [-0.15, -0.1) is 11.3 Å². The molecule has 0 aromatic carbocycles. The summed E-state index contributed by atoms with van der Waals surface area (Å²) in [7, 11) is 0. The van der Waals surface area contributed by atoms with Crippen LogP contribution in [0.2, 0.25) is 12.6 Å². The number of thiophene rings is 1. The Morgan fingerprint density at radius 3 is 1.88 bits per heavy atom. The lowest BCUT2D eigenvalue weighted by molar-refractivity contribution is 0.177. The van der Waals surface area contributed by atoms with E-state index in [0.717, 1.165) is 0 Å². The molecule has 3 heteroatoms. The molecule has 1 fully saturated rings. The van der Waals surface area contributed by atoms with Crippen LogP contribution in [0.15, 0.2) is 12.1 Å². The number of halogens is 1. The van der Waals surface area contributed by atoms with Crippen molar-refractivity contribution in [1.82, 2.24) is 0 Å². The standard InChI is InChI=1S/C12H18BFS.C2H6/c1-11(2)7-13(8-12(11,3)4)9-5-6-10(14)15-9;1-2/h5-6H,7-8H2,1-4H3;1-2H3. The monoisotopic (exact) mass is 254 g/mol. The van der Waals surface area contributed by atoms with Gasteiger partial charge in [-0.3, -0.25) is 0 Å². The van der Waals surface area contributed by atoms with Gasteiger partial charge in [-0.25, -0.2) is 0 Å². The highest BCUT2D eigenvalue weighted by Crippen LogP contribution is 2.52. The summed E-state index contributed by atoms with van der Waals surface area (Å²) in [6, 6.07) is 3.56. The van der Waals surface area contributed by atoms with Crippen molar-refractivity contribution in [1.29, 1.82) is 0 Å². The molecule has 0 spiro atoms. The molecule has 0 N–H and O–H groups in total. The minimum Gasteiger partial charge on any atom is -0.195 e. The van der Waals surface area contributed by atoms with Crippen LogP contribution in [0.25, 0.3) is 0 Å². The highest BCUT2D eigenvalue weighted by molar-refractivity contribution is 7.22. The summed E-state index contributed by atoms with van der Waals surface area (Å²) in [6.45, 7) is 13.9. The maximum Gasteiger partial charge on any atom is 0.190 e. The molecule has 1 saturated heterocycles. The zero-order valence-electron chi connectivity index (χ0n) is 11.9. The normalized spacial score (nSPS) is 21.0. The van der Waals surface area contributed by atoms with E-state index in [4.69, 9.17) is 0 Å². The molecular formula is C14H24BFS. The van der Waals surface area contributed by atoms with Gasteiger partial charge in [0.15, 0.2) is 11.8 Å². The van der Waals surface area contributed by atoms with E-state index in [1.165, 1.54) is 28.8 Å². The second-order valence-electron chi connectivity index (χ2n) is 6.01. The molecule has 0 aliphatic carbocycles. The van der Waals surface area contributed by atoms with Crippen molar-refractivity contribution in [2.45, 2.75) is 54.2 Å². The lowest BCUT2D eigenvalue weighted by Crippen LogP contribution is -2.24. The van der Waals surface area contributed by atoms with Gasteiger partial charge in [-0.05, 0) is 21.7 Å². The van der Waals surface area contributed by atoms with Gasteiger partial charge in [-0.2, -0.15) is 4.39 Å². The molecular weight excluding hydrogens is 230 g/mol. The molecule has 0 nitrogen and oxygen atoms in total. The Bertz CT molecular complexity index is 352. The smallest absolute Gasteiger partial charge is 0.190 e. The van der Waals surface area contributed by atoms with Crippen LogP contribution >= 0.6 is 11.3 Å². The minimum atomic E-state index is -0.0486. The summed E-state index contributed by atoms with van der Waals surface area (Å²) in [4.78, 5) is 0. The van der Waals surface area contributed by atoms with Crippen LogP contribution in [0.4, 0.5) is 4.39 Å². The zero-order valence-corrected chi connectivity index (χ0v) is 12.7. The first-order valence-electron chi connectivity index (χ1n) is 6.57. The lowest BCUT2D eigenvalue weighted by atomic mass is 9.45. The fourth-order valence-electron chi connectivity index (χ4n) is 2.61. The average molecular weight is 254 g/mol. The van der Waals surface area contributed by atoms with Crippen LogP contribution in [-0.4, -0.2) is 6.71 Å². The highest BCUT2D eigenvalue weighted by Gasteiger charge is 2.48. The lowest BCUT2D eigenvalue weighted by Gasteiger charge is -2.35. The fourth-order valence-corrected chi connectivity index (χ4v) is 3.44. The predicted octanol–water partition coefficient (Wildman–Crippen LogP) is 4.68. The Morgan fingerprint density at radius 1 is 1.06 bits per heavy atom. The molecule has 1 aliphatic heterocycles. The van der Waals surface area contributed by atoms with Gasteiger partial charge in [0.25, 0.3) is 0 Å². The minimum absolute atomic E-state index is 0.0486. The molecule has 2 heterocycles. The van der Waals surface area contributed by atoms with Gasteiger partial charge >= 0.3 is 0 Å². The van der Waals surface area contributed by atoms with E-state index in [9.17, 15) is 4.39 Å². The molecule has 0 bridgehead atoms. The molecule has 0 amide bonds. The summed E-state index contributed by atoms with van der Waals surface area (Å²) in [5, 5.41) is -0.0486. The Balaban J connectivity index is 0.000000686. The summed E-state index contributed by atoms with van der Waals surface area (Å²) in [5.74, 6) is 0. The third-order valence-electron chi connectivity index (χ3n) is 4.34. The van der Waals surface area contributed by atoms with Crippen LogP contribution in [0.3, 0.4) is 0 Å². The van der Waals surface area contributed by atoms with Crippen molar-refractivity contribution < 1.29 is 4.39 Å². The summed E-state index contributed by atoms with van der Waals surface area (Å²) >= 11 is 1.32. The summed E-state index contributed by atoms with van der Waals surface area (Å²) in [6.07, 6.45) is 2.36. The first kappa shape index (κ1) is 14.8. The maximum absolute atomic E-state index is 13.0. The van der Waals surface area contributed by atoms with Crippen molar-refractivity contribution >= 4 is 22.8 Å². The topological polar surface area (TPSA) is 0 Å². The van der Waals surface area contributed by atoms with E-state index in [0.29, 0.717) is 17.5 Å². The SMILES string of the molecule is CC.CC1(C)CB(c2ccc(F)s2)CC1(C)C. The van der Waals surface area contributed by atoms with E-state index in [1.54, 1.807) is 6.07 Å². The Hall–Kier alpha value is -0.305. The molecule has 0 saturated carbocycles. The van der Waals surface area contributed by atoms with Crippen molar-refractivity contribution in [3.63, 3.8) is 0 Å². The van der Waals surface area contributed by atoms with Crippen molar-refractivity contribution in [3.8, 4) is 0 Å². The molecule has 0 unspecified atom stereocenters. The predicted molar refractivity (Wildman–Crippen MR) is 78.2 cm³/mol. The van der Waals surface area contributed by atoms with E-state index < -0.39 is 0 Å². The van der Waals surface area contributed by atoms with Crippen LogP contribution in [0.1, 0.15) is 41.5 Å². The van der Waals surface area contributed by atoms with Gasteiger partial charge in [0, 0.05) is 0 Å².